The molecule has 72 valence electrons. The van der Waals surface area contributed by atoms with E-state index >= 15 is 0 Å². The second kappa shape index (κ2) is 3.12. The predicted octanol–water partition coefficient (Wildman–Crippen LogP) is -0.298. The Bertz CT molecular complexity index is 383. The van der Waals surface area contributed by atoms with E-state index in [1.165, 1.54) is 6.34 Å². The van der Waals surface area contributed by atoms with Crippen LogP contribution in [0.15, 0.2) is 40.3 Å². The highest BCUT2D eigenvalue weighted by atomic mass is 15.3. The maximum atomic E-state index is 5.97. The minimum atomic E-state index is -1.09. The SMILES string of the molecule is NC1=NC(N)(c2ccccc2)N=CN1. The van der Waals surface area contributed by atoms with Crippen LogP contribution in [0.2, 0.25) is 0 Å². The fourth-order valence-corrected chi connectivity index (χ4v) is 1.26. The average molecular weight is 189 g/mol. The quantitative estimate of drug-likeness (QED) is 0.566. The zero-order chi connectivity index (χ0) is 10.0. The van der Waals surface area contributed by atoms with Crippen molar-refractivity contribution in [3.05, 3.63) is 35.9 Å². The third-order valence-corrected chi connectivity index (χ3v) is 1.96. The van der Waals surface area contributed by atoms with Gasteiger partial charge in [0.1, 0.15) is 0 Å². The number of hydrogen-bond acceptors (Lipinski definition) is 5. The summed E-state index contributed by atoms with van der Waals surface area (Å²) in [6, 6.07) is 9.39. The van der Waals surface area contributed by atoms with Crippen LogP contribution < -0.4 is 16.8 Å². The van der Waals surface area contributed by atoms with Gasteiger partial charge in [-0.3, -0.25) is 5.73 Å². The second-order valence-corrected chi connectivity index (χ2v) is 2.99. The van der Waals surface area contributed by atoms with Crippen molar-refractivity contribution in [3.63, 3.8) is 0 Å². The van der Waals surface area contributed by atoms with Gasteiger partial charge in [-0.1, -0.05) is 30.3 Å². The molecular weight excluding hydrogens is 178 g/mol. The van der Waals surface area contributed by atoms with E-state index in [2.05, 4.69) is 15.3 Å². The highest BCUT2D eigenvalue weighted by Gasteiger charge is 2.27. The second-order valence-electron chi connectivity index (χ2n) is 2.99. The van der Waals surface area contributed by atoms with Gasteiger partial charge in [0.25, 0.3) is 0 Å². The van der Waals surface area contributed by atoms with Crippen molar-refractivity contribution in [2.45, 2.75) is 5.79 Å². The highest BCUT2D eigenvalue weighted by Crippen LogP contribution is 2.21. The summed E-state index contributed by atoms with van der Waals surface area (Å²) in [5, 5.41) is 2.66. The number of benzene rings is 1. The van der Waals surface area contributed by atoms with Gasteiger partial charge >= 0.3 is 0 Å². The molecule has 0 radical (unpaired) electrons. The monoisotopic (exact) mass is 189 g/mol. The lowest BCUT2D eigenvalue weighted by atomic mass is 10.1. The van der Waals surface area contributed by atoms with E-state index in [-0.39, 0.29) is 5.96 Å². The van der Waals surface area contributed by atoms with E-state index in [4.69, 9.17) is 11.5 Å². The molecule has 1 atom stereocenters. The molecule has 0 saturated heterocycles. The van der Waals surface area contributed by atoms with E-state index in [1.54, 1.807) is 0 Å². The summed E-state index contributed by atoms with van der Waals surface area (Å²) in [7, 11) is 0. The fraction of sp³-hybridized carbons (Fsp3) is 0.111. The maximum Gasteiger partial charge on any atom is 0.233 e. The van der Waals surface area contributed by atoms with Crippen LogP contribution in [-0.4, -0.2) is 12.3 Å². The summed E-state index contributed by atoms with van der Waals surface area (Å²) in [6.45, 7) is 0. The Morgan fingerprint density at radius 1 is 1.21 bits per heavy atom. The van der Waals surface area contributed by atoms with Crippen molar-refractivity contribution >= 4 is 12.3 Å². The molecule has 0 amide bonds. The van der Waals surface area contributed by atoms with Crippen LogP contribution >= 0.6 is 0 Å². The van der Waals surface area contributed by atoms with E-state index in [0.29, 0.717) is 0 Å². The van der Waals surface area contributed by atoms with Gasteiger partial charge in [0, 0.05) is 5.56 Å². The van der Waals surface area contributed by atoms with Crippen molar-refractivity contribution in [3.8, 4) is 0 Å². The van der Waals surface area contributed by atoms with E-state index in [1.807, 2.05) is 30.3 Å². The Kier molecular flexibility index (Phi) is 1.94. The number of nitrogens with two attached hydrogens (primary N) is 2. The first-order chi connectivity index (χ1) is 6.71. The van der Waals surface area contributed by atoms with Crippen molar-refractivity contribution < 1.29 is 0 Å². The summed E-state index contributed by atoms with van der Waals surface area (Å²) in [4.78, 5) is 8.10. The van der Waals surface area contributed by atoms with Gasteiger partial charge in [-0.2, -0.15) is 0 Å². The van der Waals surface area contributed by atoms with E-state index < -0.39 is 5.79 Å². The minimum absolute atomic E-state index is 0.270. The van der Waals surface area contributed by atoms with Gasteiger partial charge in [0.15, 0.2) is 5.96 Å². The van der Waals surface area contributed by atoms with Crippen LogP contribution in [0.3, 0.4) is 0 Å². The number of rotatable bonds is 1. The molecule has 0 saturated carbocycles. The smallest absolute Gasteiger partial charge is 0.233 e. The lowest BCUT2D eigenvalue weighted by molar-refractivity contribution is 0.489. The number of guanidine groups is 1. The molecule has 14 heavy (non-hydrogen) atoms. The van der Waals surface area contributed by atoms with Crippen LogP contribution in [0.4, 0.5) is 0 Å². The first-order valence-electron chi connectivity index (χ1n) is 4.21. The molecule has 1 unspecified atom stereocenters. The molecule has 0 aromatic heterocycles. The summed E-state index contributed by atoms with van der Waals surface area (Å²) >= 11 is 0. The lowest BCUT2D eigenvalue weighted by Crippen LogP contribution is -2.44. The molecule has 0 bridgehead atoms. The molecule has 1 aromatic rings. The molecule has 1 aliphatic rings. The van der Waals surface area contributed by atoms with Crippen LogP contribution in [0.1, 0.15) is 5.56 Å². The van der Waals surface area contributed by atoms with Crippen LogP contribution in [-0.2, 0) is 5.79 Å². The number of nitrogens with one attached hydrogen (secondary N) is 1. The van der Waals surface area contributed by atoms with Crippen molar-refractivity contribution in [1.82, 2.24) is 5.32 Å². The van der Waals surface area contributed by atoms with Gasteiger partial charge in [-0.05, 0) is 0 Å². The maximum absolute atomic E-state index is 5.97. The Labute approximate surface area is 81.5 Å². The summed E-state index contributed by atoms with van der Waals surface area (Å²) in [6.07, 6.45) is 1.45. The molecule has 0 spiro atoms. The van der Waals surface area contributed by atoms with Gasteiger partial charge in [0.05, 0.1) is 6.34 Å². The van der Waals surface area contributed by atoms with E-state index in [0.717, 1.165) is 5.56 Å². The minimum Gasteiger partial charge on any atom is -0.370 e. The third-order valence-electron chi connectivity index (χ3n) is 1.96. The Hall–Kier alpha value is -1.88. The molecule has 0 aliphatic carbocycles. The molecular formula is C9H11N5. The zero-order valence-electron chi connectivity index (χ0n) is 7.51. The van der Waals surface area contributed by atoms with Gasteiger partial charge in [-0.25, -0.2) is 9.98 Å². The van der Waals surface area contributed by atoms with Crippen LogP contribution in [0.25, 0.3) is 0 Å². The van der Waals surface area contributed by atoms with Crippen molar-refractivity contribution in [2.24, 2.45) is 21.5 Å². The topological polar surface area (TPSA) is 88.8 Å². The molecule has 5 nitrogen and oxygen atoms in total. The van der Waals surface area contributed by atoms with Gasteiger partial charge in [0.2, 0.25) is 5.79 Å². The number of aliphatic imine (C=N–C) groups is 2. The lowest BCUT2D eigenvalue weighted by Gasteiger charge is -2.24. The Balaban J connectivity index is 2.42. The van der Waals surface area contributed by atoms with Gasteiger partial charge in [-0.15, -0.1) is 0 Å². The molecule has 0 fully saturated rings. The van der Waals surface area contributed by atoms with Crippen molar-refractivity contribution in [1.29, 1.82) is 0 Å². The zero-order valence-corrected chi connectivity index (χ0v) is 7.51. The molecule has 5 heteroatoms. The number of hydrogen-bond donors (Lipinski definition) is 3. The highest BCUT2D eigenvalue weighted by molar-refractivity contribution is 5.90. The predicted molar refractivity (Wildman–Crippen MR) is 55.6 cm³/mol. The normalized spacial score (nSPS) is 25.4. The first-order valence-corrected chi connectivity index (χ1v) is 4.21. The Morgan fingerprint density at radius 2 is 1.93 bits per heavy atom. The van der Waals surface area contributed by atoms with Gasteiger partial charge < -0.3 is 11.1 Å². The summed E-state index contributed by atoms with van der Waals surface area (Å²) < 4.78 is 0. The standard InChI is InChI=1S/C9H11N5/c10-8-12-6-13-9(11,14-8)7-4-2-1-3-5-7/h1-6H,11H2,(H3,10,12,13,14). The molecule has 5 N–H and O–H groups in total. The average Bonchev–Trinajstić information content (AvgIpc) is 2.19. The largest absolute Gasteiger partial charge is 0.370 e. The van der Waals surface area contributed by atoms with Crippen LogP contribution in [0.5, 0.6) is 0 Å². The van der Waals surface area contributed by atoms with Crippen LogP contribution in [0, 0.1) is 0 Å². The molecule has 1 aromatic carbocycles. The summed E-state index contributed by atoms with van der Waals surface area (Å²) in [5.74, 6) is -0.817. The van der Waals surface area contributed by atoms with E-state index in [9.17, 15) is 0 Å². The molecule has 2 rings (SSSR count). The first kappa shape index (κ1) is 8.71. The molecule has 1 aliphatic heterocycles. The summed E-state index contributed by atoms with van der Waals surface area (Å²) in [5.41, 5.74) is 12.3. The van der Waals surface area contributed by atoms with Crippen molar-refractivity contribution in [2.75, 3.05) is 0 Å². The molecule has 1 heterocycles. The Morgan fingerprint density at radius 3 is 2.57 bits per heavy atom. The fourth-order valence-electron chi connectivity index (χ4n) is 1.26. The number of nitrogens with zero attached hydrogens (tertiary/aromatic N) is 2. The third kappa shape index (κ3) is 1.45.